The molecule has 1 heterocycles. The van der Waals surface area contributed by atoms with Crippen LogP contribution in [0.4, 0.5) is 0 Å². The fraction of sp³-hybridized carbons (Fsp3) is 0.375. The Kier molecular flexibility index (Phi) is 6.18. The molecule has 6 nitrogen and oxygen atoms in total. The van der Waals surface area contributed by atoms with Gasteiger partial charge in [-0.05, 0) is 55.0 Å². The molecule has 0 aliphatic heterocycles. The van der Waals surface area contributed by atoms with Gasteiger partial charge in [-0.2, -0.15) is 0 Å². The van der Waals surface area contributed by atoms with Crippen molar-refractivity contribution in [2.24, 2.45) is 0 Å². The number of hydrogen-bond donors (Lipinski definition) is 2. The Morgan fingerprint density at radius 1 is 1.43 bits per heavy atom. The molecule has 2 aromatic rings. The Hall–Kier alpha value is -1.86. The molecule has 0 aliphatic carbocycles. The number of rotatable bonds is 7. The number of nitrogens with one attached hydrogen (secondary N) is 2. The molecule has 0 saturated heterocycles. The molecule has 0 bridgehead atoms. The second kappa shape index (κ2) is 8.12. The fourth-order valence-corrected chi connectivity index (χ4v) is 2.34. The monoisotopic (exact) mass is 381 g/mol. The highest BCUT2D eigenvalue weighted by atomic mass is 79.9. The van der Waals surface area contributed by atoms with Crippen molar-refractivity contribution in [1.29, 1.82) is 0 Å². The van der Waals surface area contributed by atoms with Gasteiger partial charge in [0.25, 0.3) is 5.91 Å². The van der Waals surface area contributed by atoms with Gasteiger partial charge in [-0.15, -0.1) is 0 Å². The summed E-state index contributed by atoms with van der Waals surface area (Å²) in [5.41, 5.74) is 1.38. The summed E-state index contributed by atoms with van der Waals surface area (Å²) >= 11 is 3.42. The zero-order valence-electron chi connectivity index (χ0n) is 13.4. The summed E-state index contributed by atoms with van der Waals surface area (Å²) < 4.78 is 11.5. The summed E-state index contributed by atoms with van der Waals surface area (Å²) in [5.74, 6) is 1.17. The van der Waals surface area contributed by atoms with E-state index in [1.807, 2.05) is 27.0 Å². The molecule has 7 heteroatoms. The second-order valence-corrected chi connectivity index (χ2v) is 6.12. The predicted molar refractivity (Wildman–Crippen MR) is 90.6 cm³/mol. The number of halogens is 1. The van der Waals surface area contributed by atoms with E-state index < -0.39 is 0 Å². The molecule has 23 heavy (non-hydrogen) atoms. The van der Waals surface area contributed by atoms with Gasteiger partial charge in [-0.1, -0.05) is 5.16 Å². The molecule has 2 rings (SSSR count). The van der Waals surface area contributed by atoms with Crippen LogP contribution in [-0.2, 0) is 6.61 Å². The zero-order valence-corrected chi connectivity index (χ0v) is 14.9. The number of aromatic nitrogens is 1. The third-order valence-electron chi connectivity index (χ3n) is 3.30. The maximum Gasteiger partial charge on any atom is 0.251 e. The van der Waals surface area contributed by atoms with Gasteiger partial charge in [-0.3, -0.25) is 4.79 Å². The lowest BCUT2D eigenvalue weighted by Gasteiger charge is -2.12. The van der Waals surface area contributed by atoms with Crippen molar-refractivity contribution in [2.45, 2.75) is 26.5 Å². The highest BCUT2D eigenvalue weighted by Gasteiger charge is 2.11. The Morgan fingerprint density at radius 2 is 2.22 bits per heavy atom. The van der Waals surface area contributed by atoms with Crippen molar-refractivity contribution in [1.82, 2.24) is 15.8 Å². The minimum absolute atomic E-state index is 0.120. The minimum Gasteiger partial charge on any atom is -0.484 e. The molecule has 0 fully saturated rings. The summed E-state index contributed by atoms with van der Waals surface area (Å²) in [4.78, 5) is 12.1. The first-order valence-corrected chi connectivity index (χ1v) is 8.09. The minimum atomic E-state index is -0.120. The van der Waals surface area contributed by atoms with E-state index >= 15 is 0 Å². The molecular weight excluding hydrogens is 362 g/mol. The molecular formula is C16H20BrN3O3. The zero-order chi connectivity index (χ0) is 16.8. The summed E-state index contributed by atoms with van der Waals surface area (Å²) in [7, 11) is 1.86. The molecule has 1 aromatic carbocycles. The summed E-state index contributed by atoms with van der Waals surface area (Å²) in [6.07, 6.45) is 0. The average molecular weight is 382 g/mol. The third kappa shape index (κ3) is 5.07. The Bertz CT molecular complexity index is 672. The largest absolute Gasteiger partial charge is 0.484 e. The lowest BCUT2D eigenvalue weighted by molar-refractivity contribution is 0.0950. The number of nitrogens with zero attached hydrogens (tertiary/aromatic N) is 1. The molecule has 2 N–H and O–H groups in total. The number of hydrogen-bond acceptors (Lipinski definition) is 5. The van der Waals surface area contributed by atoms with E-state index in [0.29, 0.717) is 28.1 Å². The number of carbonyl (C=O) groups excluding carboxylic acids is 1. The number of likely N-dealkylation sites (N-methyl/N-ethyl adjacent to an activating group) is 1. The maximum atomic E-state index is 12.1. The van der Waals surface area contributed by atoms with Gasteiger partial charge < -0.3 is 19.9 Å². The van der Waals surface area contributed by atoms with E-state index in [-0.39, 0.29) is 18.6 Å². The van der Waals surface area contributed by atoms with Gasteiger partial charge in [0, 0.05) is 24.2 Å². The lowest BCUT2D eigenvalue weighted by atomic mass is 10.2. The summed E-state index contributed by atoms with van der Waals surface area (Å²) in [6, 6.07) is 7.25. The molecule has 124 valence electrons. The van der Waals surface area contributed by atoms with Crippen LogP contribution >= 0.6 is 15.9 Å². The topological polar surface area (TPSA) is 76.4 Å². The number of ether oxygens (including phenoxy) is 1. The molecule has 0 aliphatic rings. The van der Waals surface area contributed by atoms with Gasteiger partial charge in [0.15, 0.2) is 5.76 Å². The third-order valence-corrected chi connectivity index (χ3v) is 3.92. The van der Waals surface area contributed by atoms with E-state index in [0.717, 1.165) is 5.69 Å². The molecule has 1 atom stereocenters. The van der Waals surface area contributed by atoms with Crippen LogP contribution in [0.5, 0.6) is 5.75 Å². The number of aryl methyl sites for hydroxylation is 1. The van der Waals surface area contributed by atoms with Crippen LogP contribution in [0.2, 0.25) is 0 Å². The molecule has 0 radical (unpaired) electrons. The van der Waals surface area contributed by atoms with Crippen LogP contribution in [0.3, 0.4) is 0 Å². The van der Waals surface area contributed by atoms with E-state index in [2.05, 4.69) is 31.7 Å². The maximum absolute atomic E-state index is 12.1. The van der Waals surface area contributed by atoms with Crippen LogP contribution in [0.1, 0.15) is 28.7 Å². The van der Waals surface area contributed by atoms with E-state index in [1.54, 1.807) is 18.2 Å². The first-order chi connectivity index (χ1) is 11.0. The highest BCUT2D eigenvalue weighted by molar-refractivity contribution is 9.10. The SMILES string of the molecule is CNC(C)CNC(=O)c1ccc(OCc2cc(C)no2)c(Br)c1. The standard InChI is InChI=1S/C16H20BrN3O3/c1-10-6-13(23-20-10)9-22-15-5-4-12(7-14(15)17)16(21)19-8-11(2)18-3/h4-7,11,18H,8-9H2,1-3H3,(H,19,21). The summed E-state index contributed by atoms with van der Waals surface area (Å²) in [5, 5.41) is 9.74. The highest BCUT2D eigenvalue weighted by Crippen LogP contribution is 2.27. The van der Waals surface area contributed by atoms with Crippen molar-refractivity contribution in [2.75, 3.05) is 13.6 Å². The van der Waals surface area contributed by atoms with Gasteiger partial charge >= 0.3 is 0 Å². The molecule has 0 spiro atoms. The van der Waals surface area contributed by atoms with E-state index in [4.69, 9.17) is 9.26 Å². The normalized spacial score (nSPS) is 12.0. The van der Waals surface area contributed by atoms with Crippen molar-refractivity contribution in [3.05, 3.63) is 45.8 Å². The van der Waals surface area contributed by atoms with Crippen molar-refractivity contribution < 1.29 is 14.1 Å². The molecule has 0 saturated carbocycles. The smallest absolute Gasteiger partial charge is 0.251 e. The van der Waals surface area contributed by atoms with Gasteiger partial charge in [0.2, 0.25) is 0 Å². The van der Waals surface area contributed by atoms with E-state index in [9.17, 15) is 4.79 Å². The van der Waals surface area contributed by atoms with Crippen molar-refractivity contribution in [3.8, 4) is 5.75 Å². The Morgan fingerprint density at radius 3 is 2.83 bits per heavy atom. The molecule has 1 amide bonds. The van der Waals surface area contributed by atoms with Crippen molar-refractivity contribution in [3.63, 3.8) is 0 Å². The van der Waals surface area contributed by atoms with Gasteiger partial charge in [-0.25, -0.2) is 0 Å². The quantitative estimate of drug-likeness (QED) is 0.770. The molecule has 1 aromatic heterocycles. The average Bonchev–Trinajstić information content (AvgIpc) is 2.96. The lowest BCUT2D eigenvalue weighted by Crippen LogP contribution is -2.37. The van der Waals surface area contributed by atoms with Gasteiger partial charge in [0.05, 0.1) is 10.2 Å². The van der Waals surface area contributed by atoms with Gasteiger partial charge in [0.1, 0.15) is 12.4 Å². The Balaban J connectivity index is 1.95. The second-order valence-electron chi connectivity index (χ2n) is 5.27. The van der Waals surface area contributed by atoms with E-state index in [1.165, 1.54) is 0 Å². The number of amides is 1. The van der Waals surface area contributed by atoms with Crippen LogP contribution in [-0.4, -0.2) is 30.7 Å². The first-order valence-electron chi connectivity index (χ1n) is 7.29. The fourth-order valence-electron chi connectivity index (χ4n) is 1.84. The first kappa shape index (κ1) is 17.5. The Labute approximate surface area is 143 Å². The van der Waals surface area contributed by atoms with Crippen LogP contribution in [0, 0.1) is 6.92 Å². The van der Waals surface area contributed by atoms with Crippen molar-refractivity contribution >= 4 is 21.8 Å². The van der Waals surface area contributed by atoms with Crippen LogP contribution in [0.25, 0.3) is 0 Å². The summed E-state index contributed by atoms with van der Waals surface area (Å²) in [6.45, 7) is 4.70. The van der Waals surface area contributed by atoms with Crippen LogP contribution < -0.4 is 15.4 Å². The van der Waals surface area contributed by atoms with Crippen LogP contribution in [0.15, 0.2) is 33.3 Å². The number of carbonyl (C=O) groups is 1. The molecule has 1 unspecified atom stereocenters. The predicted octanol–water partition coefficient (Wildman–Crippen LogP) is 2.66. The number of benzene rings is 1.